The zero-order valence-corrected chi connectivity index (χ0v) is 21.6. The average Bonchev–Trinajstić information content (AvgIpc) is 2.68. The lowest BCUT2D eigenvalue weighted by molar-refractivity contribution is -0.222. The number of carbonyl (C=O) groups is 5. The first-order valence-electron chi connectivity index (χ1n) is 11.5. The Labute approximate surface area is 209 Å². The molecule has 0 aromatic rings. The molecule has 2 aliphatic rings. The maximum Gasteiger partial charge on any atom is 0.303 e. The Morgan fingerprint density at radius 2 is 1.58 bits per heavy atom. The van der Waals surface area contributed by atoms with Crippen molar-refractivity contribution in [3.63, 3.8) is 0 Å². The van der Waals surface area contributed by atoms with Crippen LogP contribution in [0.1, 0.15) is 61.3 Å². The highest BCUT2D eigenvalue weighted by molar-refractivity contribution is 6.22. The van der Waals surface area contributed by atoms with Crippen LogP contribution in [0.4, 0.5) is 0 Å². The third kappa shape index (κ3) is 7.61. The molecule has 0 spiro atoms. The summed E-state index contributed by atoms with van der Waals surface area (Å²) < 4.78 is 21.8. The summed E-state index contributed by atoms with van der Waals surface area (Å²) in [5.41, 5.74) is -0.230. The number of hydrogen-bond donors (Lipinski definition) is 2. The molecule has 36 heavy (non-hydrogen) atoms. The van der Waals surface area contributed by atoms with Gasteiger partial charge in [-0.1, -0.05) is 13.8 Å². The molecule has 0 radical (unpaired) electrons. The normalized spacial score (nSPS) is 28.2. The lowest BCUT2D eigenvalue weighted by Gasteiger charge is -2.44. The van der Waals surface area contributed by atoms with Crippen LogP contribution in [0.15, 0.2) is 16.3 Å². The number of nitrogens with one attached hydrogen (secondary N) is 1. The molecule has 1 aliphatic heterocycles. The summed E-state index contributed by atoms with van der Waals surface area (Å²) in [5.74, 6) is -3.02. The van der Waals surface area contributed by atoms with E-state index in [-0.39, 0.29) is 42.3 Å². The van der Waals surface area contributed by atoms with Crippen LogP contribution in [-0.4, -0.2) is 77.6 Å². The first kappa shape index (κ1) is 29.0. The summed E-state index contributed by atoms with van der Waals surface area (Å²) in [6.45, 7) is 9.55. The van der Waals surface area contributed by atoms with Crippen molar-refractivity contribution in [3.8, 4) is 0 Å². The molecule has 1 aliphatic carbocycles. The predicted octanol–water partition coefficient (Wildman–Crippen LogP) is 1.30. The fraction of sp³-hybridized carbons (Fsp3) is 0.667. The van der Waals surface area contributed by atoms with E-state index in [1.54, 1.807) is 0 Å². The Morgan fingerprint density at radius 3 is 2.08 bits per heavy atom. The minimum absolute atomic E-state index is 0.0437. The largest absolute Gasteiger partial charge is 0.511 e. The number of carbonyl (C=O) groups excluding carboxylic acids is 5. The van der Waals surface area contributed by atoms with E-state index >= 15 is 0 Å². The zero-order chi connectivity index (χ0) is 27.4. The molecular weight excluding hydrogens is 476 g/mol. The van der Waals surface area contributed by atoms with E-state index in [9.17, 15) is 29.1 Å². The van der Waals surface area contributed by atoms with Crippen LogP contribution < -0.4 is 5.32 Å². The monoisotopic (exact) mass is 510 g/mol. The number of aliphatic hydroxyl groups is 1. The number of esters is 3. The van der Waals surface area contributed by atoms with Gasteiger partial charge in [0.05, 0.1) is 5.57 Å². The van der Waals surface area contributed by atoms with Gasteiger partial charge in [0.2, 0.25) is 5.91 Å². The summed E-state index contributed by atoms with van der Waals surface area (Å²) in [6, 6.07) is -1.14. The van der Waals surface area contributed by atoms with Gasteiger partial charge < -0.3 is 29.4 Å². The number of aliphatic imine (C=N–C) groups is 1. The molecule has 0 unspecified atom stereocenters. The highest BCUT2D eigenvalue weighted by Crippen LogP contribution is 2.36. The van der Waals surface area contributed by atoms with Crippen LogP contribution in [-0.2, 0) is 42.9 Å². The molecule has 1 heterocycles. The van der Waals surface area contributed by atoms with E-state index in [1.165, 1.54) is 20.8 Å². The molecule has 1 saturated heterocycles. The number of hydrogen-bond acceptors (Lipinski definition) is 11. The maximum absolute atomic E-state index is 12.8. The number of ether oxygens (including phenoxy) is 4. The van der Waals surface area contributed by atoms with E-state index in [0.717, 1.165) is 13.8 Å². The van der Waals surface area contributed by atoms with Crippen molar-refractivity contribution in [1.29, 1.82) is 0 Å². The standard InChI is InChI=1S/C24H34N2O10/c1-11(19-16(31)8-24(6,7)9-17(19)32)25-23-20(26-12(2)27)22(35-15(5)30)21(34-14(4)29)18(36-23)10-33-13(3)28/h18,20-23,31H,8-10H2,1-7H3,(H,26,27)/t18-,20-,21-,22-,23-/m1/s1. The summed E-state index contributed by atoms with van der Waals surface area (Å²) in [6.07, 6.45) is -4.44. The van der Waals surface area contributed by atoms with Gasteiger partial charge in [0, 0.05) is 46.2 Å². The quantitative estimate of drug-likeness (QED) is 0.289. The molecular formula is C24H34N2O10. The van der Waals surface area contributed by atoms with E-state index in [1.807, 2.05) is 13.8 Å². The van der Waals surface area contributed by atoms with Gasteiger partial charge in [-0.3, -0.25) is 29.0 Å². The molecule has 2 rings (SSSR count). The lowest BCUT2D eigenvalue weighted by Crippen LogP contribution is -2.65. The van der Waals surface area contributed by atoms with Gasteiger partial charge in [-0.2, -0.15) is 0 Å². The fourth-order valence-electron chi connectivity index (χ4n) is 4.37. The van der Waals surface area contributed by atoms with E-state index < -0.39 is 59.8 Å². The summed E-state index contributed by atoms with van der Waals surface area (Å²) in [7, 11) is 0. The number of aliphatic hydroxyl groups excluding tert-OH is 1. The molecule has 0 saturated carbocycles. The number of allylic oxidation sites excluding steroid dienone is 2. The van der Waals surface area contributed by atoms with Crippen LogP contribution in [0, 0.1) is 5.41 Å². The summed E-state index contributed by atoms with van der Waals surface area (Å²) in [4.78, 5) is 64.5. The number of nitrogens with zero attached hydrogens (tertiary/aromatic N) is 1. The van der Waals surface area contributed by atoms with E-state index in [0.29, 0.717) is 0 Å². The molecule has 12 heteroatoms. The van der Waals surface area contributed by atoms with Crippen molar-refractivity contribution in [2.75, 3.05) is 6.61 Å². The van der Waals surface area contributed by atoms with Crippen molar-refractivity contribution in [2.24, 2.45) is 10.4 Å². The molecule has 12 nitrogen and oxygen atoms in total. The molecule has 0 aromatic heterocycles. The van der Waals surface area contributed by atoms with Gasteiger partial charge in [-0.15, -0.1) is 0 Å². The topological polar surface area (TPSA) is 167 Å². The number of rotatable bonds is 7. The molecule has 5 atom stereocenters. The van der Waals surface area contributed by atoms with Gasteiger partial charge in [0.15, 0.2) is 24.2 Å². The average molecular weight is 511 g/mol. The van der Waals surface area contributed by atoms with E-state index in [4.69, 9.17) is 18.9 Å². The summed E-state index contributed by atoms with van der Waals surface area (Å²) in [5, 5.41) is 13.2. The van der Waals surface area contributed by atoms with E-state index in [2.05, 4.69) is 10.3 Å². The van der Waals surface area contributed by atoms with Crippen molar-refractivity contribution in [3.05, 3.63) is 11.3 Å². The second kappa shape index (κ2) is 11.6. The minimum atomic E-state index is -1.27. The van der Waals surface area contributed by atoms with Gasteiger partial charge in [0.1, 0.15) is 24.5 Å². The fourth-order valence-corrected chi connectivity index (χ4v) is 4.37. The van der Waals surface area contributed by atoms with Crippen LogP contribution in [0.3, 0.4) is 0 Å². The predicted molar refractivity (Wildman–Crippen MR) is 125 cm³/mol. The van der Waals surface area contributed by atoms with Gasteiger partial charge in [-0.25, -0.2) is 0 Å². The molecule has 2 N–H and O–H groups in total. The molecule has 0 bridgehead atoms. The number of Topliss-reactive ketones (excluding diaryl/α,β-unsaturated/α-hetero) is 1. The third-order valence-corrected chi connectivity index (χ3v) is 5.63. The Morgan fingerprint density at radius 1 is 1.00 bits per heavy atom. The first-order chi connectivity index (χ1) is 16.6. The molecule has 1 fully saturated rings. The summed E-state index contributed by atoms with van der Waals surface area (Å²) >= 11 is 0. The molecule has 200 valence electrons. The van der Waals surface area contributed by atoms with Gasteiger partial charge in [-0.05, 0) is 12.3 Å². The smallest absolute Gasteiger partial charge is 0.303 e. The Bertz CT molecular complexity index is 983. The maximum atomic E-state index is 12.8. The van der Waals surface area contributed by atoms with Crippen LogP contribution >= 0.6 is 0 Å². The SMILES string of the molecule is CC(=O)N[C@@H]1[C@@H](OC(C)=O)[C@H](OC(C)=O)[C@@H](COC(C)=O)O[C@H]1N=C(C)C1=C(O)CC(C)(C)CC1=O. The van der Waals surface area contributed by atoms with Crippen molar-refractivity contribution in [2.45, 2.75) is 91.9 Å². The van der Waals surface area contributed by atoms with Crippen molar-refractivity contribution in [1.82, 2.24) is 5.32 Å². The van der Waals surface area contributed by atoms with Crippen LogP contribution in [0.5, 0.6) is 0 Å². The number of amides is 1. The van der Waals surface area contributed by atoms with Crippen LogP contribution in [0.2, 0.25) is 0 Å². The minimum Gasteiger partial charge on any atom is -0.511 e. The zero-order valence-electron chi connectivity index (χ0n) is 21.6. The third-order valence-electron chi connectivity index (χ3n) is 5.63. The Hall–Kier alpha value is -3.28. The highest BCUT2D eigenvalue weighted by atomic mass is 16.6. The van der Waals surface area contributed by atoms with Gasteiger partial charge in [0.25, 0.3) is 0 Å². The first-order valence-corrected chi connectivity index (χ1v) is 11.5. The second-order valence-corrected chi connectivity index (χ2v) is 9.72. The Balaban J connectivity index is 2.57. The Kier molecular flexibility index (Phi) is 9.36. The lowest BCUT2D eigenvalue weighted by atomic mass is 9.76. The number of ketones is 1. The van der Waals surface area contributed by atoms with Crippen molar-refractivity contribution < 1.29 is 48.0 Å². The second-order valence-electron chi connectivity index (χ2n) is 9.72. The molecule has 0 aromatic carbocycles. The van der Waals surface area contributed by atoms with Gasteiger partial charge >= 0.3 is 17.9 Å². The highest BCUT2D eigenvalue weighted by Gasteiger charge is 2.51. The van der Waals surface area contributed by atoms with Crippen molar-refractivity contribution >= 4 is 35.3 Å². The molecule has 1 amide bonds. The van der Waals surface area contributed by atoms with Crippen LogP contribution in [0.25, 0.3) is 0 Å².